The van der Waals surface area contributed by atoms with Gasteiger partial charge >= 0.3 is 0 Å². The average Bonchev–Trinajstić information content (AvgIpc) is 2.62. The van der Waals surface area contributed by atoms with Crippen LogP contribution in [0, 0.1) is 6.92 Å². The Bertz CT molecular complexity index is 684. The standard InChI is InChI=1S/C20H25NO4/c1-14-7-5-6-8-19(14)25-16(3)20(22)21-15(2)13-24-18-11-9-17(23-4)10-12-18/h5-12,15-16H,13H2,1-4H3,(H,21,22). The van der Waals surface area contributed by atoms with Crippen LogP contribution in [0.1, 0.15) is 19.4 Å². The molecule has 2 atom stereocenters. The van der Waals surface area contributed by atoms with Crippen molar-refractivity contribution >= 4 is 5.91 Å². The van der Waals surface area contributed by atoms with E-state index in [0.717, 1.165) is 17.1 Å². The van der Waals surface area contributed by atoms with E-state index >= 15 is 0 Å². The van der Waals surface area contributed by atoms with E-state index in [1.54, 1.807) is 14.0 Å². The van der Waals surface area contributed by atoms with Crippen molar-refractivity contribution in [3.63, 3.8) is 0 Å². The molecule has 0 aromatic heterocycles. The molecule has 0 saturated carbocycles. The van der Waals surface area contributed by atoms with Crippen molar-refractivity contribution in [3.8, 4) is 17.2 Å². The van der Waals surface area contributed by atoms with Gasteiger partial charge in [0.1, 0.15) is 23.9 Å². The van der Waals surface area contributed by atoms with Crippen LogP contribution in [0.2, 0.25) is 0 Å². The summed E-state index contributed by atoms with van der Waals surface area (Å²) in [6.07, 6.45) is -0.579. The lowest BCUT2D eigenvalue weighted by Gasteiger charge is -2.20. The molecule has 134 valence electrons. The maximum Gasteiger partial charge on any atom is 0.261 e. The fraction of sp³-hybridized carbons (Fsp3) is 0.350. The number of carbonyl (C=O) groups is 1. The Labute approximate surface area is 148 Å². The van der Waals surface area contributed by atoms with Gasteiger partial charge in [-0.05, 0) is 56.7 Å². The van der Waals surface area contributed by atoms with Crippen LogP contribution >= 0.6 is 0 Å². The highest BCUT2D eigenvalue weighted by molar-refractivity contribution is 5.81. The third kappa shape index (κ3) is 5.71. The van der Waals surface area contributed by atoms with Crippen LogP contribution in [-0.2, 0) is 4.79 Å². The SMILES string of the molecule is COc1ccc(OCC(C)NC(=O)C(C)Oc2ccccc2C)cc1. The Balaban J connectivity index is 1.79. The third-order valence-electron chi connectivity index (χ3n) is 3.71. The summed E-state index contributed by atoms with van der Waals surface area (Å²) in [6, 6.07) is 14.8. The van der Waals surface area contributed by atoms with Crippen LogP contribution in [0.15, 0.2) is 48.5 Å². The van der Waals surface area contributed by atoms with E-state index in [9.17, 15) is 4.79 Å². The van der Waals surface area contributed by atoms with Gasteiger partial charge in [-0.2, -0.15) is 0 Å². The molecule has 1 N–H and O–H groups in total. The first-order valence-electron chi connectivity index (χ1n) is 8.29. The molecule has 0 spiro atoms. The van der Waals surface area contributed by atoms with Gasteiger partial charge in [0, 0.05) is 0 Å². The van der Waals surface area contributed by atoms with Crippen molar-refractivity contribution in [2.75, 3.05) is 13.7 Å². The lowest BCUT2D eigenvalue weighted by molar-refractivity contribution is -0.128. The zero-order valence-corrected chi connectivity index (χ0v) is 15.1. The van der Waals surface area contributed by atoms with Gasteiger partial charge in [0.05, 0.1) is 13.2 Å². The average molecular weight is 343 g/mol. The Kier molecular flexibility index (Phi) is 6.69. The van der Waals surface area contributed by atoms with Crippen molar-refractivity contribution in [3.05, 3.63) is 54.1 Å². The van der Waals surface area contributed by atoms with Crippen molar-refractivity contribution in [2.45, 2.75) is 32.9 Å². The number of para-hydroxylation sites is 1. The number of methoxy groups -OCH3 is 1. The van der Waals surface area contributed by atoms with Gasteiger partial charge in [-0.25, -0.2) is 0 Å². The van der Waals surface area contributed by atoms with E-state index in [4.69, 9.17) is 14.2 Å². The van der Waals surface area contributed by atoms with E-state index in [1.165, 1.54) is 0 Å². The number of aryl methyl sites for hydroxylation is 1. The number of amides is 1. The minimum Gasteiger partial charge on any atom is -0.497 e. The zero-order valence-electron chi connectivity index (χ0n) is 15.1. The van der Waals surface area contributed by atoms with E-state index in [2.05, 4.69) is 5.32 Å². The summed E-state index contributed by atoms with van der Waals surface area (Å²) in [4.78, 5) is 12.3. The highest BCUT2D eigenvalue weighted by atomic mass is 16.5. The van der Waals surface area contributed by atoms with E-state index in [0.29, 0.717) is 12.4 Å². The lowest BCUT2D eigenvalue weighted by Crippen LogP contribution is -2.43. The number of rotatable bonds is 8. The minimum absolute atomic E-state index is 0.141. The second kappa shape index (κ2) is 8.97. The number of hydrogen-bond donors (Lipinski definition) is 1. The van der Waals surface area contributed by atoms with Crippen molar-refractivity contribution in [2.24, 2.45) is 0 Å². The summed E-state index contributed by atoms with van der Waals surface area (Å²) in [5.74, 6) is 2.04. The summed E-state index contributed by atoms with van der Waals surface area (Å²) < 4.78 is 16.5. The molecule has 2 unspecified atom stereocenters. The van der Waals surface area contributed by atoms with Gasteiger partial charge in [-0.1, -0.05) is 18.2 Å². The molecule has 25 heavy (non-hydrogen) atoms. The van der Waals surface area contributed by atoms with Crippen LogP contribution in [0.5, 0.6) is 17.2 Å². The van der Waals surface area contributed by atoms with Gasteiger partial charge < -0.3 is 19.5 Å². The van der Waals surface area contributed by atoms with E-state index < -0.39 is 6.10 Å². The van der Waals surface area contributed by atoms with Crippen LogP contribution in [-0.4, -0.2) is 31.8 Å². The molecule has 2 aromatic carbocycles. The topological polar surface area (TPSA) is 56.8 Å². The highest BCUT2D eigenvalue weighted by Gasteiger charge is 2.17. The molecule has 0 aliphatic carbocycles. The van der Waals surface area contributed by atoms with Crippen LogP contribution < -0.4 is 19.5 Å². The first-order chi connectivity index (χ1) is 12.0. The molecular formula is C20H25NO4. The number of carbonyl (C=O) groups excluding carboxylic acids is 1. The van der Waals surface area contributed by atoms with Crippen LogP contribution in [0.4, 0.5) is 0 Å². The van der Waals surface area contributed by atoms with Gasteiger partial charge in [-0.3, -0.25) is 4.79 Å². The molecule has 0 aliphatic rings. The van der Waals surface area contributed by atoms with E-state index in [-0.39, 0.29) is 11.9 Å². The molecule has 0 saturated heterocycles. The normalized spacial score (nSPS) is 12.8. The Morgan fingerprint density at radius 3 is 2.32 bits per heavy atom. The lowest BCUT2D eigenvalue weighted by atomic mass is 10.2. The molecule has 0 aliphatic heterocycles. The van der Waals surface area contributed by atoms with Crippen LogP contribution in [0.25, 0.3) is 0 Å². The molecule has 0 bridgehead atoms. The maximum atomic E-state index is 12.3. The van der Waals surface area contributed by atoms with Gasteiger partial charge in [0.15, 0.2) is 6.10 Å². The molecule has 1 amide bonds. The number of benzene rings is 2. The molecule has 0 fully saturated rings. The predicted octanol–water partition coefficient (Wildman–Crippen LogP) is 3.35. The minimum atomic E-state index is -0.579. The zero-order chi connectivity index (χ0) is 18.2. The quantitative estimate of drug-likeness (QED) is 0.798. The second-order valence-electron chi connectivity index (χ2n) is 5.92. The monoisotopic (exact) mass is 343 g/mol. The van der Waals surface area contributed by atoms with Crippen molar-refractivity contribution < 1.29 is 19.0 Å². The summed E-state index contributed by atoms with van der Waals surface area (Å²) in [6.45, 7) is 5.95. The first-order valence-corrected chi connectivity index (χ1v) is 8.29. The summed E-state index contributed by atoms with van der Waals surface area (Å²) >= 11 is 0. The van der Waals surface area contributed by atoms with Crippen LogP contribution in [0.3, 0.4) is 0 Å². The Morgan fingerprint density at radius 2 is 1.68 bits per heavy atom. The van der Waals surface area contributed by atoms with Gasteiger partial charge in [-0.15, -0.1) is 0 Å². The molecular weight excluding hydrogens is 318 g/mol. The van der Waals surface area contributed by atoms with Crippen molar-refractivity contribution in [1.82, 2.24) is 5.32 Å². The molecule has 0 radical (unpaired) electrons. The number of hydrogen-bond acceptors (Lipinski definition) is 4. The fourth-order valence-electron chi connectivity index (χ4n) is 2.23. The molecule has 5 nitrogen and oxygen atoms in total. The first kappa shape index (κ1) is 18.6. The Morgan fingerprint density at radius 1 is 1.04 bits per heavy atom. The largest absolute Gasteiger partial charge is 0.497 e. The smallest absolute Gasteiger partial charge is 0.261 e. The van der Waals surface area contributed by atoms with Crippen molar-refractivity contribution in [1.29, 1.82) is 0 Å². The fourth-order valence-corrected chi connectivity index (χ4v) is 2.23. The summed E-state index contributed by atoms with van der Waals surface area (Å²) in [5, 5.41) is 2.90. The number of nitrogens with one attached hydrogen (secondary N) is 1. The number of ether oxygens (including phenoxy) is 3. The second-order valence-corrected chi connectivity index (χ2v) is 5.92. The van der Waals surface area contributed by atoms with E-state index in [1.807, 2.05) is 62.4 Å². The summed E-state index contributed by atoms with van der Waals surface area (Å²) in [7, 11) is 1.62. The molecule has 2 aromatic rings. The van der Waals surface area contributed by atoms with Gasteiger partial charge in [0.25, 0.3) is 5.91 Å². The molecule has 5 heteroatoms. The summed E-state index contributed by atoms with van der Waals surface area (Å²) in [5.41, 5.74) is 0.998. The molecule has 0 heterocycles. The Hall–Kier alpha value is -2.69. The third-order valence-corrected chi connectivity index (χ3v) is 3.71. The molecule has 2 rings (SSSR count). The highest BCUT2D eigenvalue weighted by Crippen LogP contribution is 2.18. The van der Waals surface area contributed by atoms with Gasteiger partial charge in [0.2, 0.25) is 0 Å². The maximum absolute atomic E-state index is 12.3. The predicted molar refractivity (Wildman–Crippen MR) is 97.4 cm³/mol.